The molecule has 84 valence electrons. The van der Waals surface area contributed by atoms with Crippen LogP contribution in [0.1, 0.15) is 24.0 Å². The normalized spacial score (nSPS) is 20.2. The van der Waals surface area contributed by atoms with E-state index in [1.807, 2.05) is 0 Å². The average molecular weight is 240 g/mol. The predicted octanol–water partition coefficient (Wildman–Crippen LogP) is 2.65. The molecule has 0 saturated carbocycles. The van der Waals surface area contributed by atoms with Crippen LogP contribution in [0.3, 0.4) is 0 Å². The van der Waals surface area contributed by atoms with Crippen LogP contribution in [0.4, 0.5) is 5.69 Å². The molecule has 0 aromatic heterocycles. The number of fused-ring (bicyclic) bond motifs is 1. The molecular formula is C11H10ClNO3. The number of nitrogens with zero attached hydrogens (tertiary/aromatic N) is 1. The van der Waals surface area contributed by atoms with Gasteiger partial charge in [0.15, 0.2) is 0 Å². The molecule has 2 rings (SSSR count). The lowest BCUT2D eigenvalue weighted by Crippen LogP contribution is -2.13. The highest BCUT2D eigenvalue weighted by Gasteiger charge is 2.32. The van der Waals surface area contributed by atoms with E-state index in [0.717, 1.165) is 0 Å². The van der Waals surface area contributed by atoms with Gasteiger partial charge in [-0.15, -0.1) is 0 Å². The molecule has 1 aliphatic carbocycles. The third-order valence-electron chi connectivity index (χ3n) is 2.71. The summed E-state index contributed by atoms with van der Waals surface area (Å²) in [5.74, 6) is -0.350. The fourth-order valence-electron chi connectivity index (χ4n) is 2.02. The van der Waals surface area contributed by atoms with Crippen molar-refractivity contribution in [2.24, 2.45) is 0 Å². The maximum atomic E-state index is 10.8. The highest BCUT2D eigenvalue weighted by molar-refractivity contribution is 6.33. The Morgan fingerprint density at radius 3 is 2.81 bits per heavy atom. The van der Waals surface area contributed by atoms with Gasteiger partial charge in [0.25, 0.3) is 5.69 Å². The second-order valence-corrected chi connectivity index (χ2v) is 4.22. The van der Waals surface area contributed by atoms with Crippen molar-refractivity contribution in [1.29, 1.82) is 0 Å². The maximum Gasteiger partial charge on any atom is 0.276 e. The molecule has 5 heteroatoms. The second kappa shape index (κ2) is 3.88. The number of rotatable bonds is 2. The van der Waals surface area contributed by atoms with Crippen molar-refractivity contribution in [3.05, 3.63) is 44.5 Å². The van der Waals surface area contributed by atoms with Gasteiger partial charge in [0.2, 0.25) is 0 Å². The van der Waals surface area contributed by atoms with E-state index in [-0.39, 0.29) is 11.6 Å². The smallest absolute Gasteiger partial charge is 0.276 e. The van der Waals surface area contributed by atoms with Gasteiger partial charge in [-0.25, -0.2) is 0 Å². The van der Waals surface area contributed by atoms with Crippen LogP contribution in [-0.4, -0.2) is 16.1 Å². The summed E-state index contributed by atoms with van der Waals surface area (Å²) in [4.78, 5) is 10.4. The number of aliphatic hydroxyl groups excluding tert-OH is 1. The molecule has 0 fully saturated rings. The summed E-state index contributed by atoms with van der Waals surface area (Å²) in [7, 11) is 0. The van der Waals surface area contributed by atoms with Crippen molar-refractivity contribution in [1.82, 2.24) is 0 Å². The van der Waals surface area contributed by atoms with Crippen LogP contribution in [-0.2, 0) is 0 Å². The molecule has 2 unspecified atom stereocenters. The lowest BCUT2D eigenvalue weighted by Gasteiger charge is -2.15. The lowest BCUT2D eigenvalue weighted by molar-refractivity contribution is -0.385. The number of hydrogen-bond acceptors (Lipinski definition) is 3. The van der Waals surface area contributed by atoms with Gasteiger partial charge in [0.05, 0.1) is 16.6 Å². The summed E-state index contributed by atoms with van der Waals surface area (Å²) in [6, 6.07) is 4.80. The molecule has 2 atom stereocenters. The zero-order valence-corrected chi connectivity index (χ0v) is 9.31. The van der Waals surface area contributed by atoms with Crippen LogP contribution in [0, 0.1) is 10.1 Å². The minimum atomic E-state index is -0.660. The van der Waals surface area contributed by atoms with Gasteiger partial charge in [0, 0.05) is 17.0 Å². The second-order valence-electron chi connectivity index (χ2n) is 3.78. The minimum Gasteiger partial charge on any atom is -0.392 e. The van der Waals surface area contributed by atoms with Crippen molar-refractivity contribution in [3.63, 3.8) is 0 Å². The van der Waals surface area contributed by atoms with E-state index in [1.54, 1.807) is 25.1 Å². The maximum absolute atomic E-state index is 10.8. The fraction of sp³-hybridized carbons (Fsp3) is 0.273. The van der Waals surface area contributed by atoms with Crippen molar-refractivity contribution in [2.45, 2.75) is 18.9 Å². The van der Waals surface area contributed by atoms with Gasteiger partial charge in [0.1, 0.15) is 0 Å². The third kappa shape index (κ3) is 1.60. The average Bonchev–Trinajstić information content (AvgIpc) is 2.52. The van der Waals surface area contributed by atoms with Gasteiger partial charge in [-0.1, -0.05) is 23.7 Å². The number of hydrogen-bond donors (Lipinski definition) is 1. The van der Waals surface area contributed by atoms with E-state index in [2.05, 4.69) is 0 Å². The summed E-state index contributed by atoms with van der Waals surface area (Å²) < 4.78 is 0. The highest BCUT2D eigenvalue weighted by Crippen LogP contribution is 2.43. The van der Waals surface area contributed by atoms with Crippen LogP contribution >= 0.6 is 11.6 Å². The summed E-state index contributed by atoms with van der Waals surface area (Å²) in [5.41, 5.74) is 1.25. The number of nitro groups is 1. The lowest BCUT2D eigenvalue weighted by atomic mass is 9.95. The van der Waals surface area contributed by atoms with E-state index in [0.29, 0.717) is 16.2 Å². The van der Waals surface area contributed by atoms with Gasteiger partial charge in [-0.05, 0) is 18.6 Å². The molecular weight excluding hydrogens is 230 g/mol. The van der Waals surface area contributed by atoms with Crippen LogP contribution in [0.2, 0.25) is 0 Å². The van der Waals surface area contributed by atoms with Crippen LogP contribution in [0.15, 0.2) is 23.2 Å². The van der Waals surface area contributed by atoms with Crippen molar-refractivity contribution < 1.29 is 10.0 Å². The van der Waals surface area contributed by atoms with Gasteiger partial charge in [-0.3, -0.25) is 10.1 Å². The van der Waals surface area contributed by atoms with Crippen molar-refractivity contribution in [3.8, 4) is 0 Å². The first-order valence-electron chi connectivity index (χ1n) is 4.85. The Labute approximate surface area is 97.3 Å². The molecule has 0 amide bonds. The van der Waals surface area contributed by atoms with E-state index >= 15 is 0 Å². The van der Waals surface area contributed by atoms with E-state index in [9.17, 15) is 15.2 Å². The van der Waals surface area contributed by atoms with E-state index in [4.69, 9.17) is 11.6 Å². The Morgan fingerprint density at radius 1 is 1.56 bits per heavy atom. The SMILES string of the molecule is CC(O)C1C(Cl)=Cc2c1cccc2[N+](=O)[O-]. The summed E-state index contributed by atoms with van der Waals surface area (Å²) in [6.45, 7) is 1.62. The Kier molecular flexibility index (Phi) is 2.69. The Balaban J connectivity index is 2.60. The van der Waals surface area contributed by atoms with Crippen LogP contribution in [0.5, 0.6) is 0 Å². The quantitative estimate of drug-likeness (QED) is 0.637. The Hall–Kier alpha value is -1.39. The predicted molar refractivity (Wildman–Crippen MR) is 61.3 cm³/mol. The van der Waals surface area contributed by atoms with Gasteiger partial charge < -0.3 is 5.11 Å². The molecule has 1 aromatic carbocycles. The molecule has 1 aliphatic rings. The molecule has 4 nitrogen and oxygen atoms in total. The molecule has 1 N–H and O–H groups in total. The number of aliphatic hydroxyl groups is 1. The van der Waals surface area contributed by atoms with Gasteiger partial charge >= 0.3 is 0 Å². The molecule has 1 aromatic rings. The molecule has 0 spiro atoms. The third-order valence-corrected chi connectivity index (χ3v) is 3.05. The van der Waals surface area contributed by atoms with E-state index < -0.39 is 11.0 Å². The standard InChI is InChI=1S/C11H10ClNO3/c1-6(14)11-7-3-2-4-10(13(15)16)8(7)5-9(11)12/h2-6,11,14H,1H3. The summed E-state index contributed by atoms with van der Waals surface area (Å²) in [5, 5.41) is 20.9. The first-order valence-corrected chi connectivity index (χ1v) is 5.22. The Bertz CT molecular complexity index is 482. The number of halogens is 1. The zero-order chi connectivity index (χ0) is 11.9. The molecule has 16 heavy (non-hydrogen) atoms. The summed E-state index contributed by atoms with van der Waals surface area (Å²) in [6.07, 6.45) is 0.902. The Morgan fingerprint density at radius 2 is 2.25 bits per heavy atom. The monoisotopic (exact) mass is 239 g/mol. The highest BCUT2D eigenvalue weighted by atomic mass is 35.5. The largest absolute Gasteiger partial charge is 0.392 e. The molecule has 0 aliphatic heterocycles. The molecule has 0 bridgehead atoms. The molecule has 0 radical (unpaired) electrons. The van der Waals surface area contributed by atoms with Crippen LogP contribution in [0.25, 0.3) is 6.08 Å². The topological polar surface area (TPSA) is 63.4 Å². The van der Waals surface area contributed by atoms with Gasteiger partial charge in [-0.2, -0.15) is 0 Å². The van der Waals surface area contributed by atoms with Crippen molar-refractivity contribution >= 4 is 23.4 Å². The number of nitro benzene ring substituents is 1. The molecule has 0 saturated heterocycles. The first-order chi connectivity index (χ1) is 7.52. The zero-order valence-electron chi connectivity index (χ0n) is 8.55. The number of benzene rings is 1. The minimum absolute atomic E-state index is 0.0267. The first kappa shape index (κ1) is 11.1. The van der Waals surface area contributed by atoms with Crippen LogP contribution < -0.4 is 0 Å². The molecule has 0 heterocycles. The van der Waals surface area contributed by atoms with Crippen molar-refractivity contribution in [2.75, 3.05) is 0 Å². The fourth-order valence-corrected chi connectivity index (χ4v) is 2.43. The summed E-state index contributed by atoms with van der Waals surface area (Å²) >= 11 is 5.99. The van der Waals surface area contributed by atoms with E-state index in [1.165, 1.54) is 6.07 Å².